The molecule has 1 fully saturated rings. The number of halogens is 3. The van der Waals surface area contributed by atoms with Crippen LogP contribution in [0.25, 0.3) is 0 Å². The number of amides is 3. The van der Waals surface area contributed by atoms with Crippen molar-refractivity contribution in [2.45, 2.75) is 6.36 Å². The Hall–Kier alpha value is -2.45. The molecule has 0 saturated carbocycles. The summed E-state index contributed by atoms with van der Waals surface area (Å²) in [6.45, 7) is 0.282. The maximum atomic E-state index is 12.2. The molecule has 0 spiro atoms. The minimum absolute atomic E-state index is 0.0165. The van der Waals surface area contributed by atoms with Gasteiger partial charge in [-0.3, -0.25) is 9.69 Å². The van der Waals surface area contributed by atoms with Gasteiger partial charge in [-0.2, -0.15) is 0 Å². The third kappa shape index (κ3) is 4.01. The van der Waals surface area contributed by atoms with Gasteiger partial charge in [0.15, 0.2) is 5.75 Å². The molecule has 0 radical (unpaired) electrons. The first-order valence-corrected chi connectivity index (χ1v) is 6.03. The number of para-hydroxylation sites is 2. The fourth-order valence-corrected chi connectivity index (χ4v) is 1.80. The van der Waals surface area contributed by atoms with E-state index < -0.39 is 24.1 Å². The molecule has 2 N–H and O–H groups in total. The Balaban J connectivity index is 2.00. The molecular weight excluding hydrogens is 291 g/mol. The molecule has 0 atom stereocenters. The minimum Gasteiger partial charge on any atom is -0.404 e. The van der Waals surface area contributed by atoms with Gasteiger partial charge in [0, 0.05) is 13.1 Å². The second kappa shape index (κ2) is 5.90. The summed E-state index contributed by atoms with van der Waals surface area (Å²) in [4.78, 5) is 24.0. The van der Waals surface area contributed by atoms with Crippen LogP contribution < -0.4 is 15.4 Å². The molecule has 0 bridgehead atoms. The Bertz CT molecular complexity index is 548. The average molecular weight is 303 g/mol. The van der Waals surface area contributed by atoms with Gasteiger partial charge in [0.2, 0.25) is 5.91 Å². The molecule has 2 rings (SSSR count). The molecular formula is C12H12F3N3O3. The van der Waals surface area contributed by atoms with Crippen LogP contribution in [-0.2, 0) is 4.79 Å². The highest BCUT2D eigenvalue weighted by atomic mass is 19.4. The first kappa shape index (κ1) is 14.9. The molecule has 6 nitrogen and oxygen atoms in total. The first-order valence-electron chi connectivity index (χ1n) is 6.03. The van der Waals surface area contributed by atoms with E-state index in [4.69, 9.17) is 0 Å². The molecule has 0 aliphatic carbocycles. The molecule has 3 amide bonds. The number of benzene rings is 1. The third-order valence-corrected chi connectivity index (χ3v) is 2.70. The zero-order chi connectivity index (χ0) is 15.5. The van der Waals surface area contributed by atoms with Gasteiger partial charge < -0.3 is 15.4 Å². The number of nitrogens with one attached hydrogen (secondary N) is 2. The van der Waals surface area contributed by atoms with E-state index in [2.05, 4.69) is 15.4 Å². The van der Waals surface area contributed by atoms with E-state index in [1.807, 2.05) is 0 Å². The Morgan fingerprint density at radius 3 is 2.71 bits per heavy atom. The fourth-order valence-electron chi connectivity index (χ4n) is 1.80. The van der Waals surface area contributed by atoms with Crippen molar-refractivity contribution >= 4 is 17.6 Å². The maximum Gasteiger partial charge on any atom is 0.573 e. The fraction of sp³-hybridized carbons (Fsp3) is 0.333. The van der Waals surface area contributed by atoms with E-state index in [-0.39, 0.29) is 18.8 Å². The van der Waals surface area contributed by atoms with Crippen LogP contribution in [-0.4, -0.2) is 42.8 Å². The van der Waals surface area contributed by atoms with Crippen molar-refractivity contribution in [3.8, 4) is 5.75 Å². The highest BCUT2D eigenvalue weighted by molar-refractivity contribution is 5.97. The van der Waals surface area contributed by atoms with Gasteiger partial charge in [-0.25, -0.2) is 4.79 Å². The van der Waals surface area contributed by atoms with E-state index in [9.17, 15) is 22.8 Å². The summed E-state index contributed by atoms with van der Waals surface area (Å²) in [5.41, 5.74) is 0.0165. The van der Waals surface area contributed by atoms with Crippen LogP contribution in [0.5, 0.6) is 5.75 Å². The van der Waals surface area contributed by atoms with Gasteiger partial charge >= 0.3 is 12.4 Å². The number of imide groups is 1. The number of anilines is 1. The first-order chi connectivity index (χ1) is 9.87. The quantitative estimate of drug-likeness (QED) is 0.885. The zero-order valence-corrected chi connectivity index (χ0v) is 10.7. The molecule has 1 aliphatic heterocycles. The molecule has 1 aliphatic rings. The standard InChI is InChI=1S/C12H12F3N3O3/c13-12(14,15)21-9-4-2-1-3-8(9)17-7-10(19)18-6-5-16-11(18)20/h1-4,17H,5-7H2,(H,16,20). The maximum absolute atomic E-state index is 12.2. The van der Waals surface area contributed by atoms with Gasteiger partial charge in [-0.05, 0) is 12.1 Å². The minimum atomic E-state index is -4.82. The van der Waals surface area contributed by atoms with Crippen molar-refractivity contribution in [3.63, 3.8) is 0 Å². The predicted octanol–water partition coefficient (Wildman–Crippen LogP) is 1.55. The number of hydrogen-bond acceptors (Lipinski definition) is 4. The monoisotopic (exact) mass is 303 g/mol. The summed E-state index contributed by atoms with van der Waals surface area (Å²) >= 11 is 0. The Morgan fingerprint density at radius 2 is 2.10 bits per heavy atom. The summed E-state index contributed by atoms with van der Waals surface area (Å²) in [7, 11) is 0. The van der Waals surface area contributed by atoms with Gasteiger partial charge in [0.25, 0.3) is 0 Å². The number of carbonyl (C=O) groups is 2. The summed E-state index contributed by atoms with van der Waals surface area (Å²) in [6.07, 6.45) is -4.82. The lowest BCUT2D eigenvalue weighted by Crippen LogP contribution is -2.38. The summed E-state index contributed by atoms with van der Waals surface area (Å²) < 4.78 is 40.6. The lowest BCUT2D eigenvalue weighted by Gasteiger charge is -2.16. The molecule has 114 valence electrons. The van der Waals surface area contributed by atoms with Crippen molar-refractivity contribution in [2.75, 3.05) is 25.0 Å². The van der Waals surface area contributed by atoms with Crippen molar-refractivity contribution in [3.05, 3.63) is 24.3 Å². The molecule has 21 heavy (non-hydrogen) atoms. The zero-order valence-electron chi connectivity index (χ0n) is 10.7. The summed E-state index contributed by atoms with van der Waals surface area (Å²) in [6, 6.07) is 4.84. The smallest absolute Gasteiger partial charge is 0.404 e. The Labute approximate surface area is 117 Å². The Kier molecular flexibility index (Phi) is 4.20. The molecule has 0 unspecified atom stereocenters. The number of alkyl halides is 3. The predicted molar refractivity (Wildman–Crippen MR) is 66.7 cm³/mol. The van der Waals surface area contributed by atoms with E-state index >= 15 is 0 Å². The third-order valence-electron chi connectivity index (χ3n) is 2.70. The normalized spacial score (nSPS) is 14.8. The van der Waals surface area contributed by atoms with E-state index in [1.165, 1.54) is 18.2 Å². The number of urea groups is 1. The highest BCUT2D eigenvalue weighted by Gasteiger charge is 2.32. The molecule has 1 aromatic carbocycles. The Morgan fingerprint density at radius 1 is 1.38 bits per heavy atom. The van der Waals surface area contributed by atoms with E-state index in [0.29, 0.717) is 6.54 Å². The van der Waals surface area contributed by atoms with Crippen LogP contribution in [0.1, 0.15) is 0 Å². The lowest BCUT2D eigenvalue weighted by molar-refractivity contribution is -0.274. The van der Waals surface area contributed by atoms with E-state index in [0.717, 1.165) is 11.0 Å². The lowest BCUT2D eigenvalue weighted by atomic mass is 10.3. The van der Waals surface area contributed by atoms with Crippen molar-refractivity contribution in [2.24, 2.45) is 0 Å². The van der Waals surface area contributed by atoms with Crippen LogP contribution in [0.3, 0.4) is 0 Å². The summed E-state index contributed by atoms with van der Waals surface area (Å²) in [5.74, 6) is -0.976. The SMILES string of the molecule is O=C(CNc1ccccc1OC(F)(F)F)N1CCNC1=O. The van der Waals surface area contributed by atoms with Gasteiger partial charge in [0.1, 0.15) is 0 Å². The number of rotatable bonds is 4. The van der Waals surface area contributed by atoms with Crippen LogP contribution in [0.2, 0.25) is 0 Å². The molecule has 1 aromatic rings. The van der Waals surface area contributed by atoms with Crippen molar-refractivity contribution < 1.29 is 27.5 Å². The molecule has 0 aromatic heterocycles. The van der Waals surface area contributed by atoms with Crippen molar-refractivity contribution in [1.29, 1.82) is 0 Å². The van der Waals surface area contributed by atoms with Gasteiger partial charge in [0.05, 0.1) is 12.2 Å². The topological polar surface area (TPSA) is 70.7 Å². The average Bonchev–Trinajstić information content (AvgIpc) is 2.82. The largest absolute Gasteiger partial charge is 0.573 e. The van der Waals surface area contributed by atoms with Gasteiger partial charge in [-0.1, -0.05) is 12.1 Å². The van der Waals surface area contributed by atoms with Crippen LogP contribution >= 0.6 is 0 Å². The number of ether oxygens (including phenoxy) is 1. The van der Waals surface area contributed by atoms with Crippen molar-refractivity contribution in [1.82, 2.24) is 10.2 Å². The van der Waals surface area contributed by atoms with Crippen LogP contribution in [0.4, 0.5) is 23.7 Å². The van der Waals surface area contributed by atoms with Crippen LogP contribution in [0.15, 0.2) is 24.3 Å². The highest BCUT2D eigenvalue weighted by Crippen LogP contribution is 2.29. The number of nitrogens with zero attached hydrogens (tertiary/aromatic N) is 1. The number of hydrogen-bond donors (Lipinski definition) is 2. The molecule has 9 heteroatoms. The number of carbonyl (C=O) groups excluding carboxylic acids is 2. The second-order valence-corrected chi connectivity index (χ2v) is 4.17. The molecule has 1 heterocycles. The van der Waals surface area contributed by atoms with Gasteiger partial charge in [-0.15, -0.1) is 13.2 Å². The second-order valence-electron chi connectivity index (χ2n) is 4.17. The summed E-state index contributed by atoms with van der Waals surface area (Å²) in [5, 5.41) is 4.99. The van der Waals surface area contributed by atoms with E-state index in [1.54, 1.807) is 0 Å². The van der Waals surface area contributed by atoms with Crippen LogP contribution in [0, 0.1) is 0 Å². The molecule has 1 saturated heterocycles.